The van der Waals surface area contributed by atoms with Crippen molar-refractivity contribution in [2.45, 2.75) is 12.6 Å². The quantitative estimate of drug-likeness (QED) is 0.841. The van der Waals surface area contributed by atoms with Crippen LogP contribution in [0.25, 0.3) is 0 Å². The second kappa shape index (κ2) is 5.34. The molecule has 4 heteroatoms. The molecule has 2 aliphatic rings. The van der Waals surface area contributed by atoms with Gasteiger partial charge < -0.3 is 4.74 Å². The first-order chi connectivity index (χ1) is 10.3. The van der Waals surface area contributed by atoms with E-state index < -0.39 is 0 Å². The third-order valence-corrected chi connectivity index (χ3v) is 4.37. The summed E-state index contributed by atoms with van der Waals surface area (Å²) < 4.78 is 5.83. The zero-order valence-corrected chi connectivity index (χ0v) is 12.3. The molecule has 2 aromatic carbocycles. The zero-order valence-electron chi connectivity index (χ0n) is 11.5. The summed E-state index contributed by atoms with van der Waals surface area (Å²) in [5, 5.41) is 2.81. The molecule has 2 atom stereocenters. The Kier molecular flexibility index (Phi) is 3.34. The Hall–Kier alpha value is -1.55. The molecule has 1 fully saturated rings. The predicted octanol–water partition coefficient (Wildman–Crippen LogP) is 3.84. The van der Waals surface area contributed by atoms with Crippen molar-refractivity contribution in [3.8, 4) is 5.75 Å². The average molecular weight is 302 g/mol. The Morgan fingerprint density at radius 2 is 1.95 bits per heavy atom. The van der Waals surface area contributed by atoms with Gasteiger partial charge in [-0.2, -0.15) is 5.06 Å². The number of ether oxygens (including phenoxy) is 1. The van der Waals surface area contributed by atoms with Gasteiger partial charge in [-0.3, -0.25) is 4.84 Å². The van der Waals surface area contributed by atoms with Gasteiger partial charge in [0.15, 0.2) is 0 Å². The number of nitrogens with zero attached hydrogens (tertiary/aromatic N) is 1. The van der Waals surface area contributed by atoms with Crippen molar-refractivity contribution in [2.24, 2.45) is 5.92 Å². The summed E-state index contributed by atoms with van der Waals surface area (Å²) in [6.45, 7) is 2.17. The molecule has 108 valence electrons. The third-order valence-electron chi connectivity index (χ3n) is 4.14. The van der Waals surface area contributed by atoms with Gasteiger partial charge in [0.1, 0.15) is 5.75 Å². The molecule has 0 saturated carbocycles. The molecule has 21 heavy (non-hydrogen) atoms. The molecule has 3 nitrogen and oxygen atoms in total. The molecule has 0 radical (unpaired) electrons. The molecule has 2 aromatic rings. The molecule has 0 bridgehead atoms. The Morgan fingerprint density at radius 1 is 1.10 bits per heavy atom. The van der Waals surface area contributed by atoms with Gasteiger partial charge >= 0.3 is 0 Å². The summed E-state index contributed by atoms with van der Waals surface area (Å²) in [4.78, 5) is 5.91. The van der Waals surface area contributed by atoms with E-state index in [0.29, 0.717) is 19.1 Å². The van der Waals surface area contributed by atoms with Crippen LogP contribution in [0.15, 0.2) is 48.5 Å². The van der Waals surface area contributed by atoms with E-state index in [4.69, 9.17) is 21.2 Å². The number of hydroxylamine groups is 2. The molecule has 0 amide bonds. The van der Waals surface area contributed by atoms with E-state index in [9.17, 15) is 0 Å². The Morgan fingerprint density at radius 3 is 2.81 bits per heavy atom. The van der Waals surface area contributed by atoms with Crippen LogP contribution in [0.3, 0.4) is 0 Å². The minimum absolute atomic E-state index is 0.215. The fraction of sp³-hybridized carbons (Fsp3) is 0.294. The Balaban J connectivity index is 1.66. The molecule has 0 aliphatic carbocycles. The van der Waals surface area contributed by atoms with Crippen molar-refractivity contribution in [2.75, 3.05) is 13.2 Å². The van der Waals surface area contributed by atoms with Crippen molar-refractivity contribution >= 4 is 11.6 Å². The SMILES string of the molecule is Clc1ccc2c(c1)[C@@H]1[C@H](CO2)CON1Cc1ccccc1. The predicted molar refractivity (Wildman–Crippen MR) is 81.1 cm³/mol. The number of hydrogen-bond donors (Lipinski definition) is 0. The minimum atomic E-state index is 0.215. The second-order valence-electron chi connectivity index (χ2n) is 5.55. The zero-order chi connectivity index (χ0) is 14.2. The number of hydrogen-bond acceptors (Lipinski definition) is 3. The molecule has 0 spiro atoms. The van der Waals surface area contributed by atoms with E-state index in [-0.39, 0.29) is 6.04 Å². The van der Waals surface area contributed by atoms with E-state index in [1.165, 1.54) is 5.56 Å². The maximum Gasteiger partial charge on any atom is 0.124 e. The van der Waals surface area contributed by atoms with Crippen LogP contribution in [-0.2, 0) is 11.4 Å². The maximum atomic E-state index is 6.16. The summed E-state index contributed by atoms with van der Waals surface area (Å²) in [7, 11) is 0. The highest BCUT2D eigenvalue weighted by Crippen LogP contribution is 2.44. The molecular formula is C17H16ClNO2. The van der Waals surface area contributed by atoms with Crippen molar-refractivity contribution < 1.29 is 9.57 Å². The van der Waals surface area contributed by atoms with Crippen LogP contribution in [0, 0.1) is 5.92 Å². The van der Waals surface area contributed by atoms with E-state index >= 15 is 0 Å². The topological polar surface area (TPSA) is 21.7 Å². The Labute approximate surface area is 129 Å². The summed E-state index contributed by atoms with van der Waals surface area (Å²) in [6.07, 6.45) is 0. The number of fused-ring (bicyclic) bond motifs is 3. The normalized spacial score (nSPS) is 24.2. The van der Waals surface area contributed by atoms with Crippen molar-refractivity contribution in [1.29, 1.82) is 0 Å². The Bertz CT molecular complexity index is 646. The van der Waals surface area contributed by atoms with E-state index in [1.54, 1.807) is 0 Å². The number of benzene rings is 2. The van der Waals surface area contributed by atoms with Gasteiger partial charge in [-0.1, -0.05) is 41.9 Å². The van der Waals surface area contributed by atoms with Gasteiger partial charge in [0.05, 0.1) is 19.3 Å². The van der Waals surface area contributed by atoms with Gasteiger partial charge in [0.25, 0.3) is 0 Å². The van der Waals surface area contributed by atoms with E-state index in [1.807, 2.05) is 24.3 Å². The lowest BCUT2D eigenvalue weighted by atomic mass is 9.91. The van der Waals surface area contributed by atoms with E-state index in [2.05, 4.69) is 29.3 Å². The fourth-order valence-electron chi connectivity index (χ4n) is 3.13. The molecule has 4 rings (SSSR count). The van der Waals surface area contributed by atoms with Crippen molar-refractivity contribution in [3.63, 3.8) is 0 Å². The van der Waals surface area contributed by atoms with Crippen LogP contribution < -0.4 is 4.74 Å². The molecule has 2 aliphatic heterocycles. The van der Waals surface area contributed by atoms with Crippen molar-refractivity contribution in [1.82, 2.24) is 5.06 Å². The summed E-state index contributed by atoms with van der Waals surface area (Å²) in [6, 6.07) is 16.4. The largest absolute Gasteiger partial charge is 0.493 e. The summed E-state index contributed by atoms with van der Waals surface area (Å²) in [5.41, 5.74) is 2.38. The van der Waals surface area contributed by atoms with Gasteiger partial charge in [0, 0.05) is 23.0 Å². The molecule has 1 saturated heterocycles. The summed E-state index contributed by atoms with van der Waals surface area (Å²) in [5.74, 6) is 1.28. The van der Waals surface area contributed by atoms with Crippen LogP contribution in [0.4, 0.5) is 0 Å². The number of rotatable bonds is 2. The standard InChI is InChI=1S/C17H16ClNO2/c18-14-6-7-16-15(8-14)17-13(10-20-16)11-21-19(17)9-12-4-2-1-3-5-12/h1-8,13,17H,9-11H2/t13-,17+/m1/s1. The van der Waals surface area contributed by atoms with E-state index in [0.717, 1.165) is 22.9 Å². The van der Waals surface area contributed by atoms with Crippen molar-refractivity contribution in [3.05, 3.63) is 64.7 Å². The lowest BCUT2D eigenvalue weighted by Crippen LogP contribution is -2.30. The lowest BCUT2D eigenvalue weighted by Gasteiger charge is -2.31. The monoisotopic (exact) mass is 301 g/mol. The summed E-state index contributed by atoms with van der Waals surface area (Å²) >= 11 is 6.16. The first-order valence-electron chi connectivity index (χ1n) is 7.17. The number of halogens is 1. The van der Waals surface area contributed by atoms with Crippen LogP contribution in [-0.4, -0.2) is 18.3 Å². The molecule has 0 aromatic heterocycles. The second-order valence-corrected chi connectivity index (χ2v) is 5.99. The molecule has 2 heterocycles. The average Bonchev–Trinajstić information content (AvgIpc) is 2.92. The van der Waals surface area contributed by atoms with Gasteiger partial charge in [-0.25, -0.2) is 0 Å². The lowest BCUT2D eigenvalue weighted by molar-refractivity contribution is -0.141. The van der Waals surface area contributed by atoms with Gasteiger partial charge in [-0.15, -0.1) is 0 Å². The minimum Gasteiger partial charge on any atom is -0.493 e. The first kappa shape index (κ1) is 13.1. The molecule has 0 N–H and O–H groups in total. The first-order valence-corrected chi connectivity index (χ1v) is 7.55. The maximum absolute atomic E-state index is 6.16. The third kappa shape index (κ3) is 2.42. The molecular weight excluding hydrogens is 286 g/mol. The highest BCUT2D eigenvalue weighted by Gasteiger charge is 2.41. The highest BCUT2D eigenvalue weighted by molar-refractivity contribution is 6.30. The van der Waals surface area contributed by atoms with Crippen LogP contribution in [0.2, 0.25) is 5.02 Å². The highest BCUT2D eigenvalue weighted by atomic mass is 35.5. The van der Waals surface area contributed by atoms with Crippen LogP contribution >= 0.6 is 11.6 Å². The fourth-order valence-corrected chi connectivity index (χ4v) is 3.31. The molecule has 0 unspecified atom stereocenters. The van der Waals surface area contributed by atoms with Gasteiger partial charge in [-0.05, 0) is 23.8 Å². The van der Waals surface area contributed by atoms with Crippen LogP contribution in [0.5, 0.6) is 5.75 Å². The van der Waals surface area contributed by atoms with Gasteiger partial charge in [0.2, 0.25) is 0 Å². The smallest absolute Gasteiger partial charge is 0.124 e. The van der Waals surface area contributed by atoms with Crippen LogP contribution in [0.1, 0.15) is 17.2 Å².